The Morgan fingerprint density at radius 2 is 2.20 bits per heavy atom. The number of nitrogens with two attached hydrogens (primary N) is 1. The Morgan fingerprint density at radius 3 is 2.80 bits per heavy atom. The number of hydrogen-bond acceptors (Lipinski definition) is 4. The monoisotopic (exact) mass is 305 g/mol. The fourth-order valence-corrected chi connectivity index (χ4v) is 2.91. The lowest BCUT2D eigenvalue weighted by Crippen LogP contribution is -2.43. The van der Waals surface area contributed by atoms with Gasteiger partial charge in [0.2, 0.25) is 15.9 Å². The van der Waals surface area contributed by atoms with Crippen molar-refractivity contribution in [1.82, 2.24) is 9.62 Å². The molecule has 2 unspecified atom stereocenters. The molecule has 20 heavy (non-hydrogen) atoms. The quantitative estimate of drug-likeness (QED) is 0.700. The highest BCUT2D eigenvalue weighted by molar-refractivity contribution is 7.88. The van der Waals surface area contributed by atoms with Gasteiger partial charge in [0, 0.05) is 26.1 Å². The summed E-state index contributed by atoms with van der Waals surface area (Å²) in [6.07, 6.45) is 4.41. The van der Waals surface area contributed by atoms with Crippen molar-refractivity contribution in [2.24, 2.45) is 17.6 Å². The number of rotatable bonds is 7. The summed E-state index contributed by atoms with van der Waals surface area (Å²) < 4.78 is 24.7. The second-order valence-corrected chi connectivity index (χ2v) is 7.68. The predicted molar refractivity (Wildman–Crippen MR) is 79.6 cm³/mol. The lowest BCUT2D eigenvalue weighted by molar-refractivity contribution is -0.133. The van der Waals surface area contributed by atoms with Crippen molar-refractivity contribution in [3.05, 3.63) is 0 Å². The summed E-state index contributed by atoms with van der Waals surface area (Å²) >= 11 is 0. The molecule has 3 N–H and O–H groups in total. The largest absolute Gasteiger partial charge is 0.342 e. The van der Waals surface area contributed by atoms with E-state index in [2.05, 4.69) is 4.72 Å². The summed E-state index contributed by atoms with van der Waals surface area (Å²) in [6, 6.07) is 0. The molecule has 0 aromatic rings. The van der Waals surface area contributed by atoms with E-state index in [1.54, 1.807) is 0 Å². The van der Waals surface area contributed by atoms with E-state index < -0.39 is 10.0 Å². The van der Waals surface area contributed by atoms with Gasteiger partial charge in [-0.3, -0.25) is 4.79 Å². The first-order valence-corrected chi connectivity index (χ1v) is 9.13. The van der Waals surface area contributed by atoms with Crippen LogP contribution in [0.1, 0.15) is 32.6 Å². The third-order valence-corrected chi connectivity index (χ3v) is 4.45. The van der Waals surface area contributed by atoms with Crippen molar-refractivity contribution >= 4 is 15.9 Å². The summed E-state index contributed by atoms with van der Waals surface area (Å²) in [5, 5.41) is 0. The maximum absolute atomic E-state index is 12.1. The lowest BCUT2D eigenvalue weighted by atomic mass is 9.97. The van der Waals surface area contributed by atoms with E-state index in [0.29, 0.717) is 32.0 Å². The van der Waals surface area contributed by atoms with E-state index in [9.17, 15) is 13.2 Å². The number of nitrogens with zero attached hydrogens (tertiary/aromatic N) is 1. The van der Waals surface area contributed by atoms with Crippen LogP contribution in [-0.2, 0) is 14.8 Å². The number of sulfonamides is 1. The second kappa shape index (κ2) is 7.95. The summed E-state index contributed by atoms with van der Waals surface area (Å²) in [7, 11) is -3.15. The van der Waals surface area contributed by atoms with Crippen molar-refractivity contribution in [1.29, 1.82) is 0 Å². The zero-order chi connectivity index (χ0) is 15.2. The topological polar surface area (TPSA) is 92.5 Å². The highest BCUT2D eigenvalue weighted by Gasteiger charge is 2.24. The number of nitrogens with one attached hydrogen (secondary N) is 1. The van der Waals surface area contributed by atoms with Crippen LogP contribution in [0.2, 0.25) is 0 Å². The molecular weight excluding hydrogens is 278 g/mol. The third kappa shape index (κ3) is 6.67. The lowest BCUT2D eigenvalue weighted by Gasteiger charge is -2.33. The van der Waals surface area contributed by atoms with E-state index >= 15 is 0 Å². The number of carbonyl (C=O) groups is 1. The van der Waals surface area contributed by atoms with E-state index in [0.717, 1.165) is 32.1 Å². The second-order valence-electron chi connectivity index (χ2n) is 5.85. The van der Waals surface area contributed by atoms with Gasteiger partial charge in [-0.25, -0.2) is 13.1 Å². The Hall–Kier alpha value is -0.660. The SMILES string of the molecule is CC(CN)CCC(=O)N1CCCC(CNS(C)(=O)=O)C1. The Kier molecular flexibility index (Phi) is 6.91. The summed E-state index contributed by atoms with van der Waals surface area (Å²) in [5.74, 6) is 0.746. The van der Waals surface area contributed by atoms with Crippen LogP contribution in [0.25, 0.3) is 0 Å². The number of amides is 1. The number of carbonyl (C=O) groups excluding carboxylic acids is 1. The van der Waals surface area contributed by atoms with Crippen LogP contribution in [0.4, 0.5) is 0 Å². The molecule has 1 aliphatic heterocycles. The molecule has 0 aromatic carbocycles. The van der Waals surface area contributed by atoms with Gasteiger partial charge in [-0.05, 0) is 37.6 Å². The summed E-state index contributed by atoms with van der Waals surface area (Å²) in [4.78, 5) is 14.0. The van der Waals surface area contributed by atoms with Crippen LogP contribution >= 0.6 is 0 Å². The molecule has 1 aliphatic rings. The molecule has 0 bridgehead atoms. The van der Waals surface area contributed by atoms with Crippen molar-refractivity contribution in [3.63, 3.8) is 0 Å². The zero-order valence-corrected chi connectivity index (χ0v) is 13.3. The molecule has 6 nitrogen and oxygen atoms in total. The highest BCUT2D eigenvalue weighted by Crippen LogP contribution is 2.18. The first-order chi connectivity index (χ1) is 9.31. The standard InChI is InChI=1S/C13H27N3O3S/c1-11(8-14)5-6-13(17)16-7-3-4-12(10-16)9-15-20(2,18)19/h11-12,15H,3-10,14H2,1-2H3. The van der Waals surface area contributed by atoms with Crippen molar-refractivity contribution in [2.45, 2.75) is 32.6 Å². The van der Waals surface area contributed by atoms with E-state index in [-0.39, 0.29) is 11.8 Å². The molecule has 118 valence electrons. The van der Waals surface area contributed by atoms with Crippen LogP contribution < -0.4 is 10.5 Å². The molecule has 0 spiro atoms. The molecule has 1 saturated heterocycles. The fraction of sp³-hybridized carbons (Fsp3) is 0.923. The van der Waals surface area contributed by atoms with Crippen molar-refractivity contribution in [3.8, 4) is 0 Å². The van der Waals surface area contributed by atoms with Gasteiger partial charge < -0.3 is 10.6 Å². The van der Waals surface area contributed by atoms with Gasteiger partial charge in [0.05, 0.1) is 6.26 Å². The van der Waals surface area contributed by atoms with Gasteiger partial charge in [-0.1, -0.05) is 6.92 Å². The average Bonchev–Trinajstić information content (AvgIpc) is 2.41. The molecule has 0 saturated carbocycles. The molecule has 1 heterocycles. The Morgan fingerprint density at radius 1 is 1.50 bits per heavy atom. The van der Waals surface area contributed by atoms with Crippen LogP contribution in [-0.4, -0.2) is 51.7 Å². The fourth-order valence-electron chi connectivity index (χ4n) is 2.37. The minimum Gasteiger partial charge on any atom is -0.342 e. The molecule has 1 amide bonds. The Balaban J connectivity index is 2.38. The van der Waals surface area contributed by atoms with E-state index in [1.165, 1.54) is 0 Å². The van der Waals surface area contributed by atoms with Gasteiger partial charge >= 0.3 is 0 Å². The molecule has 0 aromatic heterocycles. The Bertz CT molecular complexity index is 411. The summed E-state index contributed by atoms with van der Waals surface area (Å²) in [5.41, 5.74) is 5.55. The summed E-state index contributed by atoms with van der Waals surface area (Å²) in [6.45, 7) is 4.50. The molecular formula is C13H27N3O3S. The molecule has 0 aliphatic carbocycles. The van der Waals surface area contributed by atoms with Crippen molar-refractivity contribution < 1.29 is 13.2 Å². The molecule has 1 fully saturated rings. The van der Waals surface area contributed by atoms with Crippen LogP contribution in [0.3, 0.4) is 0 Å². The number of likely N-dealkylation sites (tertiary alicyclic amines) is 1. The van der Waals surface area contributed by atoms with E-state index in [4.69, 9.17) is 5.73 Å². The van der Waals surface area contributed by atoms with Crippen LogP contribution in [0.5, 0.6) is 0 Å². The minimum absolute atomic E-state index is 0.161. The first-order valence-electron chi connectivity index (χ1n) is 7.24. The van der Waals surface area contributed by atoms with E-state index in [1.807, 2.05) is 11.8 Å². The molecule has 7 heteroatoms. The molecule has 1 rings (SSSR count). The van der Waals surface area contributed by atoms with Crippen molar-refractivity contribution in [2.75, 3.05) is 32.4 Å². The average molecular weight is 305 g/mol. The van der Waals surface area contributed by atoms with Gasteiger partial charge in [-0.2, -0.15) is 0 Å². The van der Waals surface area contributed by atoms with Gasteiger partial charge in [-0.15, -0.1) is 0 Å². The first kappa shape index (κ1) is 17.4. The van der Waals surface area contributed by atoms with Crippen LogP contribution in [0, 0.1) is 11.8 Å². The zero-order valence-electron chi connectivity index (χ0n) is 12.5. The maximum atomic E-state index is 12.1. The molecule has 2 atom stereocenters. The predicted octanol–water partition coefficient (Wildman–Crippen LogP) is 0.149. The minimum atomic E-state index is -3.15. The normalized spacial score (nSPS) is 21.8. The molecule has 0 radical (unpaired) electrons. The van der Waals surface area contributed by atoms with Gasteiger partial charge in [0.15, 0.2) is 0 Å². The highest BCUT2D eigenvalue weighted by atomic mass is 32.2. The number of hydrogen-bond donors (Lipinski definition) is 2. The Labute approximate surface area is 122 Å². The third-order valence-electron chi connectivity index (χ3n) is 3.76. The van der Waals surface area contributed by atoms with Gasteiger partial charge in [0.25, 0.3) is 0 Å². The van der Waals surface area contributed by atoms with Gasteiger partial charge in [0.1, 0.15) is 0 Å². The number of piperidine rings is 1. The smallest absolute Gasteiger partial charge is 0.222 e. The maximum Gasteiger partial charge on any atom is 0.222 e. The van der Waals surface area contributed by atoms with Crippen LogP contribution in [0.15, 0.2) is 0 Å².